The Morgan fingerprint density at radius 2 is 1.91 bits per heavy atom. The third-order valence-electron chi connectivity index (χ3n) is 4.28. The normalized spacial score (nSPS) is 16.9. The summed E-state index contributed by atoms with van der Waals surface area (Å²) in [6, 6.07) is 6.18. The molecule has 1 aliphatic rings. The third kappa shape index (κ3) is 3.50. The zero-order valence-corrected chi connectivity index (χ0v) is 13.0. The molecule has 0 saturated carbocycles. The lowest BCUT2D eigenvalue weighted by Gasteiger charge is -2.32. The van der Waals surface area contributed by atoms with Crippen LogP contribution in [0, 0.1) is 0 Å². The second kappa shape index (κ2) is 5.88. The molecule has 124 valence electrons. The number of rotatable bonds is 3. The predicted octanol–water partition coefficient (Wildman–Crippen LogP) is 3.44. The van der Waals surface area contributed by atoms with Crippen LogP contribution in [0.5, 0.6) is 5.75 Å². The van der Waals surface area contributed by atoms with E-state index in [0.717, 1.165) is 30.8 Å². The average molecular weight is 325 g/mol. The van der Waals surface area contributed by atoms with Gasteiger partial charge in [0, 0.05) is 38.3 Å². The summed E-state index contributed by atoms with van der Waals surface area (Å²) in [5.41, 5.74) is 3.28. The van der Waals surface area contributed by atoms with Crippen molar-refractivity contribution < 1.29 is 17.9 Å². The molecule has 7 heteroatoms. The first kappa shape index (κ1) is 15.9. The first-order chi connectivity index (χ1) is 10.8. The first-order valence-electron chi connectivity index (χ1n) is 7.42. The van der Waals surface area contributed by atoms with E-state index in [1.54, 1.807) is 12.1 Å². The zero-order chi connectivity index (χ0) is 16.6. The molecule has 23 heavy (non-hydrogen) atoms. The van der Waals surface area contributed by atoms with Crippen LogP contribution in [0.4, 0.5) is 13.2 Å². The SMILES string of the molecule is CC(c1ccc(OC(F)(F)F)cc1)N1CCc2c(ncn2C)C1. The van der Waals surface area contributed by atoms with Crippen molar-refractivity contribution in [1.82, 2.24) is 14.5 Å². The molecule has 0 amide bonds. The van der Waals surface area contributed by atoms with Crippen LogP contribution in [-0.4, -0.2) is 27.4 Å². The summed E-state index contributed by atoms with van der Waals surface area (Å²) in [6.45, 7) is 3.69. The minimum Gasteiger partial charge on any atom is -0.406 e. The molecule has 0 saturated heterocycles. The Morgan fingerprint density at radius 3 is 2.57 bits per heavy atom. The van der Waals surface area contributed by atoms with E-state index < -0.39 is 6.36 Å². The zero-order valence-electron chi connectivity index (χ0n) is 13.0. The Balaban J connectivity index is 1.70. The molecule has 0 fully saturated rings. The quantitative estimate of drug-likeness (QED) is 0.866. The van der Waals surface area contributed by atoms with Crippen LogP contribution < -0.4 is 4.74 Å². The number of aryl methyl sites for hydroxylation is 1. The van der Waals surface area contributed by atoms with E-state index in [1.165, 1.54) is 17.8 Å². The smallest absolute Gasteiger partial charge is 0.406 e. The number of hydrogen-bond acceptors (Lipinski definition) is 3. The van der Waals surface area contributed by atoms with Crippen molar-refractivity contribution in [3.63, 3.8) is 0 Å². The van der Waals surface area contributed by atoms with E-state index in [2.05, 4.69) is 14.6 Å². The fraction of sp³-hybridized carbons (Fsp3) is 0.438. The van der Waals surface area contributed by atoms with Crippen molar-refractivity contribution >= 4 is 0 Å². The maximum absolute atomic E-state index is 12.2. The molecule has 1 aromatic carbocycles. The Hall–Kier alpha value is -2.02. The minimum absolute atomic E-state index is 0.102. The second-order valence-corrected chi connectivity index (χ2v) is 5.76. The number of benzene rings is 1. The Kier molecular flexibility index (Phi) is 4.06. The van der Waals surface area contributed by atoms with Gasteiger partial charge >= 0.3 is 6.36 Å². The van der Waals surface area contributed by atoms with E-state index in [9.17, 15) is 13.2 Å². The Labute approximate surface area is 132 Å². The number of aromatic nitrogens is 2. The van der Waals surface area contributed by atoms with Gasteiger partial charge in [0.05, 0.1) is 12.0 Å². The van der Waals surface area contributed by atoms with Crippen molar-refractivity contribution in [2.24, 2.45) is 7.05 Å². The molecule has 2 aromatic rings. The summed E-state index contributed by atoms with van der Waals surface area (Å²) in [5, 5.41) is 0. The highest BCUT2D eigenvalue weighted by atomic mass is 19.4. The van der Waals surface area contributed by atoms with E-state index in [4.69, 9.17) is 0 Å². The number of hydrogen-bond donors (Lipinski definition) is 0. The highest BCUT2D eigenvalue weighted by molar-refractivity contribution is 5.29. The summed E-state index contributed by atoms with van der Waals surface area (Å²) in [7, 11) is 1.99. The van der Waals surface area contributed by atoms with Gasteiger partial charge in [-0.1, -0.05) is 12.1 Å². The van der Waals surface area contributed by atoms with Gasteiger partial charge in [0.1, 0.15) is 5.75 Å². The van der Waals surface area contributed by atoms with Crippen molar-refractivity contribution in [2.75, 3.05) is 6.54 Å². The molecule has 0 bridgehead atoms. The van der Waals surface area contributed by atoms with E-state index in [-0.39, 0.29) is 11.8 Å². The molecular weight excluding hydrogens is 307 g/mol. The number of ether oxygens (including phenoxy) is 1. The van der Waals surface area contributed by atoms with E-state index in [0.29, 0.717) is 0 Å². The molecule has 2 heterocycles. The van der Waals surface area contributed by atoms with Crippen molar-refractivity contribution in [2.45, 2.75) is 32.3 Å². The van der Waals surface area contributed by atoms with E-state index >= 15 is 0 Å². The number of imidazole rings is 1. The monoisotopic (exact) mass is 325 g/mol. The van der Waals surface area contributed by atoms with Crippen LogP contribution in [-0.2, 0) is 20.0 Å². The van der Waals surface area contributed by atoms with Crippen LogP contribution in [0.15, 0.2) is 30.6 Å². The van der Waals surface area contributed by atoms with Crippen molar-refractivity contribution in [1.29, 1.82) is 0 Å². The molecule has 1 aromatic heterocycles. The molecule has 1 aliphatic heterocycles. The fourth-order valence-corrected chi connectivity index (χ4v) is 2.97. The molecule has 1 atom stereocenters. The van der Waals surface area contributed by atoms with Gasteiger partial charge in [-0.05, 0) is 24.6 Å². The molecule has 0 aliphatic carbocycles. The molecule has 3 rings (SSSR count). The summed E-state index contributed by atoms with van der Waals surface area (Å²) in [6.07, 6.45) is -1.91. The highest BCUT2D eigenvalue weighted by Gasteiger charge is 2.31. The molecule has 0 radical (unpaired) electrons. The maximum atomic E-state index is 12.2. The van der Waals surface area contributed by atoms with Gasteiger partial charge in [-0.25, -0.2) is 4.98 Å². The van der Waals surface area contributed by atoms with Gasteiger partial charge in [0.25, 0.3) is 0 Å². The van der Waals surface area contributed by atoms with Gasteiger partial charge in [-0.2, -0.15) is 0 Å². The van der Waals surface area contributed by atoms with Gasteiger partial charge in [0.15, 0.2) is 0 Å². The second-order valence-electron chi connectivity index (χ2n) is 5.76. The highest BCUT2D eigenvalue weighted by Crippen LogP contribution is 2.29. The van der Waals surface area contributed by atoms with Gasteiger partial charge in [0.2, 0.25) is 0 Å². The van der Waals surface area contributed by atoms with Crippen LogP contribution in [0.3, 0.4) is 0 Å². The molecule has 0 N–H and O–H groups in total. The topological polar surface area (TPSA) is 30.3 Å². The average Bonchev–Trinajstić information content (AvgIpc) is 2.87. The van der Waals surface area contributed by atoms with Crippen molar-refractivity contribution in [3.05, 3.63) is 47.5 Å². The van der Waals surface area contributed by atoms with Crippen LogP contribution in [0.1, 0.15) is 29.9 Å². The molecule has 1 unspecified atom stereocenters. The minimum atomic E-state index is -4.66. The predicted molar refractivity (Wildman–Crippen MR) is 78.9 cm³/mol. The largest absolute Gasteiger partial charge is 0.573 e. The number of fused-ring (bicyclic) bond motifs is 1. The summed E-state index contributed by atoms with van der Waals surface area (Å²) >= 11 is 0. The van der Waals surface area contributed by atoms with Gasteiger partial charge in [-0.15, -0.1) is 13.2 Å². The summed E-state index contributed by atoms with van der Waals surface area (Å²) in [5.74, 6) is -0.195. The lowest BCUT2D eigenvalue weighted by molar-refractivity contribution is -0.274. The lowest BCUT2D eigenvalue weighted by Crippen LogP contribution is -2.33. The Morgan fingerprint density at radius 1 is 1.22 bits per heavy atom. The third-order valence-corrected chi connectivity index (χ3v) is 4.28. The maximum Gasteiger partial charge on any atom is 0.573 e. The van der Waals surface area contributed by atoms with Gasteiger partial charge < -0.3 is 9.30 Å². The lowest BCUT2D eigenvalue weighted by atomic mass is 10.0. The van der Waals surface area contributed by atoms with E-state index in [1.807, 2.05) is 24.9 Å². The van der Waals surface area contributed by atoms with Crippen LogP contribution in [0.25, 0.3) is 0 Å². The number of alkyl halides is 3. The van der Waals surface area contributed by atoms with Crippen LogP contribution >= 0.6 is 0 Å². The fourth-order valence-electron chi connectivity index (χ4n) is 2.97. The standard InChI is InChI=1S/C16H18F3N3O/c1-11(12-3-5-13(6-4-12)23-16(17,18)19)22-8-7-15-14(9-22)20-10-21(15)2/h3-6,10-11H,7-9H2,1-2H3. The van der Waals surface area contributed by atoms with Gasteiger partial charge in [-0.3, -0.25) is 4.90 Å². The van der Waals surface area contributed by atoms with Crippen molar-refractivity contribution in [3.8, 4) is 5.75 Å². The number of halogens is 3. The molecule has 0 spiro atoms. The first-order valence-corrected chi connectivity index (χ1v) is 7.42. The summed E-state index contributed by atoms with van der Waals surface area (Å²) in [4.78, 5) is 6.69. The molecule has 4 nitrogen and oxygen atoms in total. The Bertz CT molecular complexity index is 679. The number of nitrogens with zero attached hydrogens (tertiary/aromatic N) is 3. The van der Waals surface area contributed by atoms with Crippen LogP contribution in [0.2, 0.25) is 0 Å². The summed E-state index contributed by atoms with van der Waals surface area (Å²) < 4.78 is 42.5. The molecular formula is C16H18F3N3O.